The fourth-order valence-corrected chi connectivity index (χ4v) is 4.24. The molecule has 0 bridgehead atoms. The topological polar surface area (TPSA) is 63.4 Å². The summed E-state index contributed by atoms with van der Waals surface area (Å²) in [5.41, 5.74) is 5.39. The van der Waals surface area contributed by atoms with Crippen molar-refractivity contribution in [1.82, 2.24) is 19.7 Å². The summed E-state index contributed by atoms with van der Waals surface area (Å²) in [6.45, 7) is 8.02. The molecule has 0 fully saturated rings. The number of pyridine rings is 1. The maximum absolute atomic E-state index is 11.5. The Kier molecular flexibility index (Phi) is 6.98. The molecule has 2 aromatic heterocycles. The number of aromatic nitrogens is 3. The van der Waals surface area contributed by atoms with Crippen LogP contribution in [-0.2, 0) is 13.1 Å². The smallest absolute Gasteiger partial charge is 0.134 e. The molecular formula is C26H29ClN4O2. The van der Waals surface area contributed by atoms with Gasteiger partial charge in [0.2, 0.25) is 0 Å². The van der Waals surface area contributed by atoms with E-state index in [-0.39, 0.29) is 0 Å². The first kappa shape index (κ1) is 23.2. The van der Waals surface area contributed by atoms with Crippen molar-refractivity contribution >= 4 is 22.5 Å². The monoisotopic (exact) mass is 464 g/mol. The third-order valence-corrected chi connectivity index (χ3v) is 6.10. The van der Waals surface area contributed by atoms with Gasteiger partial charge in [0.15, 0.2) is 0 Å². The Morgan fingerprint density at radius 1 is 1.15 bits per heavy atom. The maximum Gasteiger partial charge on any atom is 0.134 e. The van der Waals surface area contributed by atoms with Crippen molar-refractivity contribution in [2.75, 3.05) is 13.7 Å². The fourth-order valence-electron chi connectivity index (χ4n) is 4.05. The molecule has 0 aliphatic heterocycles. The number of nitrogens with zero attached hydrogens (tertiary/aromatic N) is 4. The van der Waals surface area contributed by atoms with Crippen molar-refractivity contribution in [3.05, 3.63) is 76.6 Å². The predicted octanol–water partition coefficient (Wildman–Crippen LogP) is 5.60. The molecule has 7 heteroatoms. The molecule has 0 amide bonds. The summed E-state index contributed by atoms with van der Waals surface area (Å²) < 4.78 is 7.68. The number of rotatable bonds is 8. The number of hydrogen-bond donors (Lipinski definition) is 1. The molecule has 4 aromatic rings. The fraction of sp³-hybridized carbons (Fsp3) is 0.308. The summed E-state index contributed by atoms with van der Waals surface area (Å²) in [5.74, 6) is 0.749. The first-order chi connectivity index (χ1) is 15.9. The number of aliphatic hydroxyl groups is 1. The van der Waals surface area contributed by atoms with Crippen LogP contribution < -0.4 is 4.74 Å². The molecule has 0 aliphatic carbocycles. The molecule has 0 radical (unpaired) electrons. The van der Waals surface area contributed by atoms with Crippen LogP contribution in [0.2, 0.25) is 5.02 Å². The van der Waals surface area contributed by atoms with Gasteiger partial charge in [-0.3, -0.25) is 9.58 Å². The molecular weight excluding hydrogens is 436 g/mol. The van der Waals surface area contributed by atoms with E-state index in [4.69, 9.17) is 21.3 Å². The highest BCUT2D eigenvalue weighted by Crippen LogP contribution is 2.33. The number of fused-ring (bicyclic) bond motifs is 1. The second-order valence-electron chi connectivity index (χ2n) is 8.08. The Labute approximate surface area is 199 Å². The van der Waals surface area contributed by atoms with Crippen LogP contribution in [0, 0.1) is 6.92 Å². The van der Waals surface area contributed by atoms with Crippen molar-refractivity contribution in [3.63, 3.8) is 0 Å². The van der Waals surface area contributed by atoms with Crippen molar-refractivity contribution in [2.45, 2.75) is 40.1 Å². The van der Waals surface area contributed by atoms with E-state index in [0.29, 0.717) is 18.2 Å². The van der Waals surface area contributed by atoms with Crippen LogP contribution in [-0.4, -0.2) is 38.4 Å². The van der Waals surface area contributed by atoms with Crippen molar-refractivity contribution < 1.29 is 9.84 Å². The third kappa shape index (κ3) is 4.88. The minimum Gasteiger partial charge on any atom is -0.494 e. The van der Waals surface area contributed by atoms with Gasteiger partial charge in [-0.15, -0.1) is 0 Å². The van der Waals surface area contributed by atoms with Gasteiger partial charge in [0, 0.05) is 45.9 Å². The predicted molar refractivity (Wildman–Crippen MR) is 132 cm³/mol. The second-order valence-corrected chi connectivity index (χ2v) is 8.52. The number of aryl methyl sites for hydroxylation is 1. The van der Waals surface area contributed by atoms with Gasteiger partial charge in [-0.05, 0) is 64.2 Å². The number of halogens is 1. The van der Waals surface area contributed by atoms with E-state index in [1.807, 2.05) is 78.3 Å². The van der Waals surface area contributed by atoms with Gasteiger partial charge in [0.25, 0.3) is 0 Å². The molecule has 33 heavy (non-hydrogen) atoms. The van der Waals surface area contributed by atoms with Crippen LogP contribution >= 0.6 is 11.6 Å². The molecule has 1 N–H and O–H groups in total. The van der Waals surface area contributed by atoms with Gasteiger partial charge >= 0.3 is 0 Å². The van der Waals surface area contributed by atoms with Crippen LogP contribution in [0.25, 0.3) is 22.2 Å². The lowest BCUT2D eigenvalue weighted by Gasteiger charge is -2.25. The SMILES string of the molecule is CCOc1ccc2nc(-c3cccc(Cl)c3)cc(C(O)N(C)Cc3cnn(CC)c3C)c2c1. The van der Waals surface area contributed by atoms with Gasteiger partial charge in [-0.25, -0.2) is 4.98 Å². The lowest BCUT2D eigenvalue weighted by molar-refractivity contribution is 0.0162. The number of aliphatic hydroxyl groups excluding tert-OH is 1. The second kappa shape index (κ2) is 9.91. The molecule has 0 aliphatic rings. The van der Waals surface area contributed by atoms with Crippen LogP contribution in [0.1, 0.15) is 36.9 Å². The summed E-state index contributed by atoms with van der Waals surface area (Å²) in [4.78, 5) is 6.76. The first-order valence-corrected chi connectivity index (χ1v) is 11.5. The zero-order chi connectivity index (χ0) is 23.5. The highest BCUT2D eigenvalue weighted by molar-refractivity contribution is 6.30. The molecule has 0 spiro atoms. The van der Waals surface area contributed by atoms with E-state index >= 15 is 0 Å². The molecule has 1 unspecified atom stereocenters. The van der Waals surface area contributed by atoms with Crippen molar-refractivity contribution in [2.24, 2.45) is 0 Å². The minimum atomic E-state index is -0.852. The molecule has 2 aromatic carbocycles. The van der Waals surface area contributed by atoms with Gasteiger partial charge in [-0.1, -0.05) is 23.7 Å². The zero-order valence-electron chi connectivity index (χ0n) is 19.4. The highest BCUT2D eigenvalue weighted by atomic mass is 35.5. The molecule has 2 heterocycles. The molecule has 0 saturated heterocycles. The number of hydrogen-bond acceptors (Lipinski definition) is 5. The average molecular weight is 465 g/mol. The van der Waals surface area contributed by atoms with Crippen molar-refractivity contribution in [1.29, 1.82) is 0 Å². The first-order valence-electron chi connectivity index (χ1n) is 11.1. The highest BCUT2D eigenvalue weighted by Gasteiger charge is 2.21. The van der Waals surface area contributed by atoms with Gasteiger partial charge in [0.1, 0.15) is 12.0 Å². The van der Waals surface area contributed by atoms with Gasteiger partial charge in [0.05, 0.1) is 24.0 Å². The van der Waals surface area contributed by atoms with Crippen LogP contribution in [0.15, 0.2) is 54.7 Å². The van der Waals surface area contributed by atoms with E-state index in [2.05, 4.69) is 18.9 Å². The summed E-state index contributed by atoms with van der Waals surface area (Å²) in [7, 11) is 1.91. The summed E-state index contributed by atoms with van der Waals surface area (Å²) >= 11 is 6.23. The minimum absolute atomic E-state index is 0.564. The van der Waals surface area contributed by atoms with Crippen LogP contribution in [0.3, 0.4) is 0 Å². The van der Waals surface area contributed by atoms with Gasteiger partial charge < -0.3 is 9.84 Å². The molecule has 172 valence electrons. The molecule has 0 saturated carbocycles. The Balaban J connectivity index is 1.78. The summed E-state index contributed by atoms with van der Waals surface area (Å²) in [6.07, 6.45) is 1.02. The normalized spacial score (nSPS) is 12.5. The van der Waals surface area contributed by atoms with E-state index in [0.717, 1.165) is 51.3 Å². The third-order valence-electron chi connectivity index (χ3n) is 5.86. The average Bonchev–Trinajstić information content (AvgIpc) is 3.17. The van der Waals surface area contributed by atoms with E-state index in [9.17, 15) is 5.11 Å². The Bertz CT molecular complexity index is 1270. The Morgan fingerprint density at radius 3 is 2.67 bits per heavy atom. The maximum atomic E-state index is 11.5. The molecule has 4 rings (SSSR count). The molecule has 1 atom stereocenters. The molecule has 6 nitrogen and oxygen atoms in total. The van der Waals surface area contributed by atoms with E-state index < -0.39 is 6.23 Å². The quantitative estimate of drug-likeness (QED) is 0.344. The van der Waals surface area contributed by atoms with Crippen molar-refractivity contribution in [3.8, 4) is 17.0 Å². The number of benzene rings is 2. The Morgan fingerprint density at radius 2 is 1.97 bits per heavy atom. The van der Waals surface area contributed by atoms with Crippen LogP contribution in [0.4, 0.5) is 0 Å². The largest absolute Gasteiger partial charge is 0.494 e. The zero-order valence-corrected chi connectivity index (χ0v) is 20.2. The summed E-state index contributed by atoms with van der Waals surface area (Å²) in [6, 6.07) is 15.3. The van der Waals surface area contributed by atoms with E-state index in [1.54, 1.807) is 0 Å². The lowest BCUT2D eigenvalue weighted by atomic mass is 10.0. The standard InChI is InChI=1S/C26H29ClN4O2/c1-5-31-17(3)19(15-28-31)16-30(4)26(32)23-14-25(18-8-7-9-20(27)12-18)29-24-11-10-21(33-6-2)13-22(23)24/h7-15,26,32H,5-6,16H2,1-4H3. The van der Waals surface area contributed by atoms with E-state index in [1.165, 1.54) is 0 Å². The summed E-state index contributed by atoms with van der Waals surface area (Å²) in [5, 5.41) is 17.4. The van der Waals surface area contributed by atoms with Crippen LogP contribution in [0.5, 0.6) is 5.75 Å². The number of ether oxygens (including phenoxy) is 1. The lowest BCUT2D eigenvalue weighted by Crippen LogP contribution is -2.24. The Hall–Kier alpha value is -2.93. The van der Waals surface area contributed by atoms with Gasteiger partial charge in [-0.2, -0.15) is 5.10 Å².